The zero-order valence-corrected chi connectivity index (χ0v) is 11.2. The maximum absolute atomic E-state index is 5.45. The number of aryl methyl sites for hydroxylation is 1. The molecular weight excluding hydrogens is 236 g/mol. The smallest absolute Gasteiger partial charge is 0.219 e. The largest absolute Gasteiger partial charge is 0.368 e. The van der Waals surface area contributed by atoms with E-state index in [0.717, 1.165) is 24.9 Å². The molecule has 0 saturated heterocycles. The van der Waals surface area contributed by atoms with E-state index in [1.54, 1.807) is 12.4 Å². The van der Waals surface area contributed by atoms with Gasteiger partial charge < -0.3 is 11.1 Å². The Morgan fingerprint density at radius 1 is 1.11 bits per heavy atom. The summed E-state index contributed by atoms with van der Waals surface area (Å²) in [7, 11) is 0. The van der Waals surface area contributed by atoms with Gasteiger partial charge in [-0.1, -0.05) is 30.3 Å². The van der Waals surface area contributed by atoms with E-state index in [1.807, 2.05) is 6.07 Å². The number of nitrogens with one attached hydrogen (secondary N) is 1. The molecule has 0 fully saturated rings. The molecule has 1 heterocycles. The van der Waals surface area contributed by atoms with Gasteiger partial charge in [-0.15, -0.1) is 0 Å². The Morgan fingerprint density at radius 2 is 1.79 bits per heavy atom. The second-order valence-corrected chi connectivity index (χ2v) is 4.76. The van der Waals surface area contributed by atoms with Crippen LogP contribution in [0.1, 0.15) is 24.5 Å². The van der Waals surface area contributed by atoms with Crippen molar-refractivity contribution in [2.45, 2.75) is 32.4 Å². The average molecular weight is 256 g/mol. The molecule has 0 spiro atoms. The first-order valence-electron chi connectivity index (χ1n) is 6.58. The van der Waals surface area contributed by atoms with Gasteiger partial charge in [0.1, 0.15) is 0 Å². The van der Waals surface area contributed by atoms with E-state index in [-0.39, 0.29) is 0 Å². The lowest BCUT2D eigenvalue weighted by molar-refractivity contribution is 0.513. The molecule has 2 aromatic rings. The predicted molar refractivity (Wildman–Crippen MR) is 77.5 cm³/mol. The average Bonchev–Trinajstić information content (AvgIpc) is 2.45. The zero-order chi connectivity index (χ0) is 13.5. The molecule has 0 saturated carbocycles. The van der Waals surface area contributed by atoms with Gasteiger partial charge >= 0.3 is 0 Å². The minimum Gasteiger partial charge on any atom is -0.368 e. The third-order valence-electron chi connectivity index (χ3n) is 3.09. The van der Waals surface area contributed by atoms with Crippen molar-refractivity contribution in [2.24, 2.45) is 0 Å². The van der Waals surface area contributed by atoms with Gasteiger partial charge in [0.15, 0.2) is 0 Å². The van der Waals surface area contributed by atoms with Gasteiger partial charge in [0.05, 0.1) is 0 Å². The number of hydrogen-bond donors (Lipinski definition) is 2. The van der Waals surface area contributed by atoms with Gasteiger partial charge in [-0.05, 0) is 25.3 Å². The van der Waals surface area contributed by atoms with Crippen molar-refractivity contribution in [1.82, 2.24) is 15.3 Å². The van der Waals surface area contributed by atoms with Gasteiger partial charge in [0.25, 0.3) is 0 Å². The maximum atomic E-state index is 5.45. The molecule has 4 heteroatoms. The van der Waals surface area contributed by atoms with Crippen molar-refractivity contribution < 1.29 is 0 Å². The summed E-state index contributed by atoms with van der Waals surface area (Å²) in [5, 5.41) is 3.47. The monoisotopic (exact) mass is 256 g/mol. The highest BCUT2D eigenvalue weighted by atomic mass is 15.0. The fourth-order valence-corrected chi connectivity index (χ4v) is 1.88. The Morgan fingerprint density at radius 3 is 2.47 bits per heavy atom. The zero-order valence-electron chi connectivity index (χ0n) is 11.2. The maximum Gasteiger partial charge on any atom is 0.219 e. The molecule has 1 aromatic carbocycles. The number of nitrogens with zero attached hydrogens (tertiary/aromatic N) is 2. The number of nitrogen functional groups attached to an aromatic ring is 1. The molecule has 3 N–H and O–H groups in total. The highest BCUT2D eigenvalue weighted by molar-refractivity contribution is 5.17. The molecule has 0 aliphatic carbocycles. The molecule has 0 aliphatic heterocycles. The highest BCUT2D eigenvalue weighted by Crippen LogP contribution is 2.05. The van der Waals surface area contributed by atoms with Crippen LogP contribution in [0.5, 0.6) is 0 Å². The van der Waals surface area contributed by atoms with Crippen LogP contribution >= 0.6 is 0 Å². The molecule has 1 atom stereocenters. The van der Waals surface area contributed by atoms with E-state index >= 15 is 0 Å². The van der Waals surface area contributed by atoms with E-state index < -0.39 is 0 Å². The summed E-state index contributed by atoms with van der Waals surface area (Å²) < 4.78 is 0. The molecule has 19 heavy (non-hydrogen) atoms. The van der Waals surface area contributed by atoms with Crippen molar-refractivity contribution >= 4 is 5.95 Å². The van der Waals surface area contributed by atoms with Crippen molar-refractivity contribution in [2.75, 3.05) is 5.73 Å². The molecule has 0 radical (unpaired) electrons. The lowest BCUT2D eigenvalue weighted by Gasteiger charge is -2.13. The second kappa shape index (κ2) is 6.85. The van der Waals surface area contributed by atoms with Crippen LogP contribution in [0.15, 0.2) is 42.7 Å². The van der Waals surface area contributed by atoms with Crippen LogP contribution < -0.4 is 11.1 Å². The van der Waals surface area contributed by atoms with Crippen molar-refractivity contribution in [3.05, 3.63) is 53.9 Å². The summed E-state index contributed by atoms with van der Waals surface area (Å²) in [6.07, 6.45) is 5.73. The number of benzene rings is 1. The summed E-state index contributed by atoms with van der Waals surface area (Å²) >= 11 is 0. The van der Waals surface area contributed by atoms with E-state index in [1.165, 1.54) is 5.56 Å². The number of rotatable bonds is 6. The minimum absolute atomic E-state index is 0.320. The summed E-state index contributed by atoms with van der Waals surface area (Å²) in [6, 6.07) is 11.0. The van der Waals surface area contributed by atoms with E-state index in [2.05, 4.69) is 46.5 Å². The predicted octanol–water partition coefficient (Wildman–Crippen LogP) is 2.17. The molecule has 0 aliphatic rings. The first-order chi connectivity index (χ1) is 9.24. The van der Waals surface area contributed by atoms with Crippen LogP contribution in [0.4, 0.5) is 5.95 Å². The highest BCUT2D eigenvalue weighted by Gasteiger charge is 2.03. The quantitative estimate of drug-likeness (QED) is 0.831. The molecule has 4 nitrogen and oxygen atoms in total. The second-order valence-electron chi connectivity index (χ2n) is 4.76. The van der Waals surface area contributed by atoms with Crippen LogP contribution in [0, 0.1) is 0 Å². The summed E-state index contributed by atoms with van der Waals surface area (Å²) in [5.74, 6) is 0.320. The van der Waals surface area contributed by atoms with E-state index in [9.17, 15) is 0 Å². The molecule has 0 bridgehead atoms. The van der Waals surface area contributed by atoms with Gasteiger partial charge in [0, 0.05) is 30.5 Å². The summed E-state index contributed by atoms with van der Waals surface area (Å²) in [4.78, 5) is 7.95. The first kappa shape index (κ1) is 13.5. The first-order valence-corrected chi connectivity index (χ1v) is 6.58. The fraction of sp³-hybridized carbons (Fsp3) is 0.333. The molecule has 0 amide bonds. The van der Waals surface area contributed by atoms with Gasteiger partial charge in [0.2, 0.25) is 5.95 Å². The van der Waals surface area contributed by atoms with Gasteiger partial charge in [-0.2, -0.15) is 0 Å². The van der Waals surface area contributed by atoms with Gasteiger partial charge in [-0.3, -0.25) is 0 Å². The lowest BCUT2D eigenvalue weighted by atomic mass is 10.1. The van der Waals surface area contributed by atoms with E-state index in [0.29, 0.717) is 12.0 Å². The van der Waals surface area contributed by atoms with Crippen LogP contribution in [-0.4, -0.2) is 16.0 Å². The number of aromatic nitrogens is 2. The normalized spacial score (nSPS) is 12.3. The standard InChI is InChI=1S/C15H20N4/c1-12(7-8-13-5-3-2-4-6-13)17-9-14-10-18-15(16)19-11-14/h2-6,10-12,17H,7-9H2,1H3,(H2,16,18,19). The topological polar surface area (TPSA) is 63.8 Å². The molecular formula is C15H20N4. The Hall–Kier alpha value is -1.94. The Kier molecular flexibility index (Phi) is 4.86. The minimum atomic E-state index is 0.320. The van der Waals surface area contributed by atoms with Crippen molar-refractivity contribution in [1.29, 1.82) is 0 Å². The van der Waals surface area contributed by atoms with Crippen LogP contribution in [0.3, 0.4) is 0 Å². The summed E-state index contributed by atoms with van der Waals surface area (Å²) in [6.45, 7) is 2.97. The Bertz CT molecular complexity index is 481. The number of hydrogen-bond acceptors (Lipinski definition) is 4. The SMILES string of the molecule is CC(CCc1ccccc1)NCc1cnc(N)nc1. The third-order valence-corrected chi connectivity index (χ3v) is 3.09. The van der Waals surface area contributed by atoms with Crippen molar-refractivity contribution in [3.63, 3.8) is 0 Å². The lowest BCUT2D eigenvalue weighted by Crippen LogP contribution is -2.26. The van der Waals surface area contributed by atoms with Crippen LogP contribution in [0.25, 0.3) is 0 Å². The molecule has 1 unspecified atom stereocenters. The van der Waals surface area contributed by atoms with Gasteiger partial charge in [-0.25, -0.2) is 9.97 Å². The molecule has 2 rings (SSSR count). The van der Waals surface area contributed by atoms with E-state index in [4.69, 9.17) is 5.73 Å². The fourth-order valence-electron chi connectivity index (χ4n) is 1.88. The molecule has 100 valence electrons. The van der Waals surface area contributed by atoms with Crippen LogP contribution in [0.2, 0.25) is 0 Å². The summed E-state index contributed by atoms with van der Waals surface area (Å²) in [5.41, 5.74) is 7.89. The number of anilines is 1. The Labute approximate surface area is 114 Å². The van der Waals surface area contributed by atoms with Crippen molar-refractivity contribution in [3.8, 4) is 0 Å². The Balaban J connectivity index is 1.72. The third kappa shape index (κ3) is 4.67. The molecule has 1 aromatic heterocycles. The number of nitrogens with two attached hydrogens (primary N) is 1. The van der Waals surface area contributed by atoms with Crippen LogP contribution in [-0.2, 0) is 13.0 Å².